The van der Waals surface area contributed by atoms with E-state index in [-0.39, 0.29) is 0 Å². The molecule has 0 aliphatic carbocycles. The molecule has 1 N–H and O–H groups in total. The van der Waals surface area contributed by atoms with Crippen molar-refractivity contribution in [2.24, 2.45) is 5.11 Å². The van der Waals surface area contributed by atoms with Gasteiger partial charge in [-0.05, 0) is 17.7 Å². The van der Waals surface area contributed by atoms with E-state index in [1.54, 1.807) is 11.8 Å². The number of hydrogen-bond donors (Lipinski definition) is 1. The molecule has 0 amide bonds. The number of hydrogen-bond acceptors (Lipinski definition) is 3. The van der Waals surface area contributed by atoms with Crippen LogP contribution in [0.2, 0.25) is 0 Å². The summed E-state index contributed by atoms with van der Waals surface area (Å²) in [6, 6.07) is 19.0. The minimum Gasteiger partial charge on any atom is -0.369 e. The van der Waals surface area contributed by atoms with Crippen LogP contribution in [0.25, 0.3) is 10.4 Å². The lowest BCUT2D eigenvalue weighted by Gasteiger charge is -2.23. The predicted molar refractivity (Wildman–Crippen MR) is 99.6 cm³/mol. The molecule has 4 nitrogen and oxygen atoms in total. The Balaban J connectivity index is 2.09. The predicted octanol–water partition coefficient (Wildman–Crippen LogP) is 4.36. The second kappa shape index (κ2) is 9.69. The van der Waals surface area contributed by atoms with Crippen molar-refractivity contribution in [2.75, 3.05) is 18.1 Å². The van der Waals surface area contributed by atoms with Crippen molar-refractivity contribution in [3.63, 3.8) is 0 Å². The highest BCUT2D eigenvalue weighted by atomic mass is 32.2. The zero-order valence-corrected chi connectivity index (χ0v) is 14.1. The Morgan fingerprint density at radius 3 is 2.17 bits per heavy atom. The molecular weight excluding hydrogens is 318 g/mol. The van der Waals surface area contributed by atoms with Crippen LogP contribution in [0.3, 0.4) is 0 Å². The lowest BCUT2D eigenvalue weighted by molar-refractivity contribution is 0.145. The third-order valence-corrected chi connectivity index (χ3v) is 4.36. The Labute approximate surface area is 146 Å². The quantitative estimate of drug-likeness (QED) is 0.268. The molecular formula is C19H19N3OS. The molecule has 0 saturated carbocycles. The molecule has 0 atom stereocenters. The van der Waals surface area contributed by atoms with Gasteiger partial charge in [0.2, 0.25) is 0 Å². The van der Waals surface area contributed by atoms with Gasteiger partial charge in [0.05, 0.1) is 5.75 Å². The smallest absolute Gasteiger partial charge is 0.176 e. The van der Waals surface area contributed by atoms with Crippen molar-refractivity contribution < 1.29 is 5.11 Å². The number of thioether (sulfide) groups is 1. The fourth-order valence-corrected chi connectivity index (χ4v) is 2.89. The Bertz CT molecular complexity index is 692. The molecule has 0 saturated heterocycles. The van der Waals surface area contributed by atoms with Crippen LogP contribution >= 0.6 is 11.8 Å². The van der Waals surface area contributed by atoms with E-state index < -0.39 is 5.60 Å². The molecule has 0 aromatic heterocycles. The fourth-order valence-electron chi connectivity index (χ4n) is 2.24. The molecule has 0 heterocycles. The van der Waals surface area contributed by atoms with E-state index >= 15 is 0 Å². The van der Waals surface area contributed by atoms with Gasteiger partial charge in [0.1, 0.15) is 0 Å². The van der Waals surface area contributed by atoms with E-state index in [1.165, 1.54) is 0 Å². The average Bonchev–Trinajstić information content (AvgIpc) is 2.65. The molecule has 24 heavy (non-hydrogen) atoms. The topological polar surface area (TPSA) is 69.0 Å². The Morgan fingerprint density at radius 2 is 1.62 bits per heavy atom. The van der Waals surface area contributed by atoms with Gasteiger partial charge in [-0.2, -0.15) is 0 Å². The molecule has 0 unspecified atom stereocenters. The van der Waals surface area contributed by atoms with Gasteiger partial charge in [0.25, 0.3) is 0 Å². The third-order valence-electron chi connectivity index (χ3n) is 3.44. The van der Waals surface area contributed by atoms with Gasteiger partial charge >= 0.3 is 0 Å². The zero-order valence-electron chi connectivity index (χ0n) is 13.3. The number of azide groups is 1. The van der Waals surface area contributed by atoms with Crippen molar-refractivity contribution in [1.82, 2.24) is 0 Å². The number of benzene rings is 2. The molecule has 2 rings (SSSR count). The van der Waals surface area contributed by atoms with E-state index in [4.69, 9.17) is 5.53 Å². The summed E-state index contributed by atoms with van der Waals surface area (Å²) in [6.07, 6.45) is 0.831. The number of nitrogens with zero attached hydrogens (tertiary/aromatic N) is 3. The summed E-state index contributed by atoms with van der Waals surface area (Å²) in [5.74, 6) is 7.61. The molecule has 0 aliphatic heterocycles. The summed E-state index contributed by atoms with van der Waals surface area (Å²) < 4.78 is 0. The van der Waals surface area contributed by atoms with E-state index in [0.29, 0.717) is 12.3 Å². The van der Waals surface area contributed by atoms with Gasteiger partial charge in [-0.3, -0.25) is 0 Å². The van der Waals surface area contributed by atoms with Crippen LogP contribution in [-0.4, -0.2) is 23.2 Å². The maximum atomic E-state index is 11.2. The molecule has 0 fully saturated rings. The van der Waals surface area contributed by atoms with Crippen LogP contribution in [0, 0.1) is 11.8 Å². The minimum absolute atomic E-state index is 0.509. The molecule has 5 heteroatoms. The van der Waals surface area contributed by atoms with Crippen LogP contribution in [0.5, 0.6) is 0 Å². The number of rotatable bonds is 7. The highest BCUT2D eigenvalue weighted by Crippen LogP contribution is 2.28. The lowest BCUT2D eigenvalue weighted by Crippen LogP contribution is -2.25. The van der Waals surface area contributed by atoms with Crippen molar-refractivity contribution >= 4 is 11.8 Å². The van der Waals surface area contributed by atoms with Crippen molar-refractivity contribution in [3.8, 4) is 11.8 Å². The summed E-state index contributed by atoms with van der Waals surface area (Å²) in [7, 11) is 0. The van der Waals surface area contributed by atoms with Gasteiger partial charge in [0.15, 0.2) is 5.60 Å². The second-order valence-electron chi connectivity index (χ2n) is 5.10. The summed E-state index contributed by atoms with van der Waals surface area (Å²) in [6.45, 7) is 0.509. The van der Waals surface area contributed by atoms with E-state index in [9.17, 15) is 5.11 Å². The van der Waals surface area contributed by atoms with Gasteiger partial charge < -0.3 is 5.11 Å². The molecule has 0 spiro atoms. The van der Waals surface area contributed by atoms with Crippen LogP contribution < -0.4 is 0 Å². The van der Waals surface area contributed by atoms with Crippen LogP contribution in [0.15, 0.2) is 65.8 Å². The molecule has 2 aromatic rings. The first-order chi connectivity index (χ1) is 11.8. The first kappa shape index (κ1) is 18.0. The normalized spacial score (nSPS) is 10.4. The Morgan fingerprint density at radius 1 is 1.04 bits per heavy atom. The summed E-state index contributed by atoms with van der Waals surface area (Å²) >= 11 is 1.67. The van der Waals surface area contributed by atoms with Crippen LogP contribution in [0.4, 0.5) is 0 Å². The monoisotopic (exact) mass is 337 g/mol. The van der Waals surface area contributed by atoms with Crippen molar-refractivity contribution in [2.45, 2.75) is 12.0 Å². The fraction of sp³-hybridized carbons (Fsp3) is 0.263. The summed E-state index contributed by atoms with van der Waals surface area (Å²) in [4.78, 5) is 2.72. The third kappa shape index (κ3) is 5.07. The summed E-state index contributed by atoms with van der Waals surface area (Å²) in [5.41, 5.74) is 8.43. The largest absolute Gasteiger partial charge is 0.369 e. The van der Waals surface area contributed by atoms with E-state index in [1.807, 2.05) is 60.7 Å². The van der Waals surface area contributed by atoms with E-state index in [0.717, 1.165) is 23.3 Å². The number of aliphatic hydroxyl groups is 1. The maximum Gasteiger partial charge on any atom is 0.176 e. The zero-order chi connectivity index (χ0) is 17.1. The first-order valence-electron chi connectivity index (χ1n) is 7.69. The molecule has 2 aromatic carbocycles. The molecule has 0 bridgehead atoms. The minimum atomic E-state index is -1.31. The average molecular weight is 337 g/mol. The molecule has 0 radical (unpaired) electrons. The van der Waals surface area contributed by atoms with Gasteiger partial charge in [-0.25, -0.2) is 0 Å². The standard InChI is InChI=1S/C19H19N3OS/c20-22-21-14-8-16-24-15-7-13-19(23,17-9-3-1-4-10-17)18-11-5-2-6-12-18/h1-6,9-12,23H,8,14-16H2. The van der Waals surface area contributed by atoms with Gasteiger partial charge in [-0.1, -0.05) is 77.6 Å². The Kier molecular flexibility index (Phi) is 7.25. The summed E-state index contributed by atoms with van der Waals surface area (Å²) in [5, 5.41) is 14.7. The molecule has 0 aliphatic rings. The SMILES string of the molecule is [N-]=[N+]=NCCCSCC#CC(O)(c1ccccc1)c1ccccc1. The highest BCUT2D eigenvalue weighted by Gasteiger charge is 2.28. The van der Waals surface area contributed by atoms with E-state index in [2.05, 4.69) is 21.9 Å². The first-order valence-corrected chi connectivity index (χ1v) is 8.85. The van der Waals surface area contributed by atoms with Gasteiger partial charge in [0, 0.05) is 22.6 Å². The van der Waals surface area contributed by atoms with Gasteiger partial charge in [-0.15, -0.1) is 11.8 Å². The maximum absolute atomic E-state index is 11.2. The van der Waals surface area contributed by atoms with Crippen molar-refractivity contribution in [1.29, 1.82) is 0 Å². The molecule has 122 valence electrons. The van der Waals surface area contributed by atoms with Crippen LogP contribution in [0.1, 0.15) is 17.5 Å². The van der Waals surface area contributed by atoms with Crippen LogP contribution in [-0.2, 0) is 5.60 Å². The second-order valence-corrected chi connectivity index (χ2v) is 6.21. The van der Waals surface area contributed by atoms with Crippen molar-refractivity contribution in [3.05, 3.63) is 82.2 Å². The lowest BCUT2D eigenvalue weighted by atomic mass is 9.87. The Hall–Kier alpha value is -2.38. The highest BCUT2D eigenvalue weighted by molar-refractivity contribution is 7.99.